The summed E-state index contributed by atoms with van der Waals surface area (Å²) >= 11 is 13.3. The van der Waals surface area contributed by atoms with Crippen molar-refractivity contribution in [3.63, 3.8) is 0 Å². The van der Waals surface area contributed by atoms with E-state index in [4.69, 9.17) is 0 Å². The van der Waals surface area contributed by atoms with Gasteiger partial charge in [-0.25, -0.2) is 0 Å². The van der Waals surface area contributed by atoms with E-state index < -0.39 is 7.84 Å². The minimum atomic E-state index is -1.92. The van der Waals surface area contributed by atoms with Crippen molar-refractivity contribution in [3.8, 4) is 0 Å². The Balaban J connectivity index is -0.0000000267. The molecule has 8 heteroatoms. The van der Waals surface area contributed by atoms with Gasteiger partial charge in [-0.15, -0.1) is 0 Å². The molecular formula is H6Br4O3W. The first-order valence-electron chi connectivity index (χ1n) is 0.617. The molecule has 58 valence electrons. The normalized spacial score (nSPS) is 9.50. The third-order valence-electron chi connectivity index (χ3n) is 0. The summed E-state index contributed by atoms with van der Waals surface area (Å²) < 4.78 is 0. The van der Waals surface area contributed by atoms with Crippen molar-refractivity contribution in [2.24, 2.45) is 0 Å². The first kappa shape index (κ1) is 22.4. The third-order valence-corrected chi connectivity index (χ3v) is 0. The Hall–Kier alpha value is 2.49. The molecule has 0 saturated heterocycles. The molecular weight excluding hydrogens is 551 g/mol. The zero-order valence-corrected chi connectivity index (χ0v) is 12.7. The van der Waals surface area contributed by atoms with Gasteiger partial charge in [-0.3, -0.25) is 0 Å². The van der Waals surface area contributed by atoms with E-state index in [2.05, 4.69) is 53.2 Å². The van der Waals surface area contributed by atoms with Crippen LogP contribution in [0.3, 0.4) is 0 Å². The van der Waals surface area contributed by atoms with Gasteiger partial charge in [-0.1, -0.05) is 0 Å². The molecule has 0 heterocycles. The van der Waals surface area contributed by atoms with E-state index in [1.165, 1.54) is 0 Å². The molecule has 0 aromatic heterocycles. The second-order valence-corrected chi connectivity index (χ2v) is 77.3. The standard InChI is InChI=1S/4BrH.3H2O.W/h4*1H;3*1H2;/q;;;;;;;+4/p-4. The molecule has 0 fully saturated rings. The predicted octanol–water partition coefficient (Wildman–Crippen LogP) is 0.906. The molecule has 0 aromatic carbocycles. The topological polar surface area (TPSA) is 94.5 Å². The number of rotatable bonds is 0. The molecule has 0 atom stereocenters. The van der Waals surface area contributed by atoms with Gasteiger partial charge < -0.3 is 16.4 Å². The van der Waals surface area contributed by atoms with Crippen LogP contribution in [0.4, 0.5) is 0 Å². The molecule has 6 N–H and O–H groups in total. The summed E-state index contributed by atoms with van der Waals surface area (Å²) in [5.41, 5.74) is 0. The molecule has 0 aromatic rings. The predicted molar refractivity (Wildman–Crippen MR) is 46.5 cm³/mol. The maximum absolute atomic E-state index is 3.33. The first-order chi connectivity index (χ1) is 2.00. The van der Waals surface area contributed by atoms with E-state index in [1.54, 1.807) is 0 Å². The Kier molecular flexibility index (Phi) is 26.6. The van der Waals surface area contributed by atoms with Crippen molar-refractivity contribution in [2.75, 3.05) is 0 Å². The molecule has 0 unspecified atom stereocenters. The fourth-order valence-electron chi connectivity index (χ4n) is 0. The molecule has 0 saturated carbocycles. The van der Waals surface area contributed by atoms with E-state index in [0.29, 0.717) is 0 Å². The summed E-state index contributed by atoms with van der Waals surface area (Å²) in [6.45, 7) is 0. The van der Waals surface area contributed by atoms with Crippen LogP contribution >= 0.6 is 53.2 Å². The van der Waals surface area contributed by atoms with Crippen molar-refractivity contribution < 1.29 is 24.3 Å². The molecule has 3 nitrogen and oxygen atoms in total. The monoisotopic (exact) mass is 554 g/mol. The Morgan fingerprint density at radius 2 is 0.625 bits per heavy atom. The van der Waals surface area contributed by atoms with Gasteiger partial charge in [0.1, 0.15) is 0 Å². The average molecular weight is 558 g/mol. The van der Waals surface area contributed by atoms with Gasteiger partial charge in [-0.05, 0) is 0 Å². The molecule has 8 heavy (non-hydrogen) atoms. The van der Waals surface area contributed by atoms with Gasteiger partial charge >= 0.3 is 61.0 Å². The van der Waals surface area contributed by atoms with Crippen molar-refractivity contribution in [3.05, 3.63) is 0 Å². The fourth-order valence-corrected chi connectivity index (χ4v) is 0. The summed E-state index contributed by atoms with van der Waals surface area (Å²) in [7, 11) is -1.92. The van der Waals surface area contributed by atoms with Crippen molar-refractivity contribution in [1.29, 1.82) is 0 Å². The summed E-state index contributed by atoms with van der Waals surface area (Å²) in [6.07, 6.45) is 0. The molecule has 0 aliphatic heterocycles. The molecule has 0 amide bonds. The van der Waals surface area contributed by atoms with E-state index in [9.17, 15) is 0 Å². The van der Waals surface area contributed by atoms with Crippen LogP contribution in [0.25, 0.3) is 0 Å². The zero-order chi connectivity index (χ0) is 4.50. The Morgan fingerprint density at radius 3 is 0.625 bits per heavy atom. The summed E-state index contributed by atoms with van der Waals surface area (Å²) in [5, 5.41) is 0. The Bertz CT molecular complexity index is 26.8. The average Bonchev–Trinajstić information content (AvgIpc) is 0.722. The number of hydrogen-bond donors (Lipinski definition) is 0. The summed E-state index contributed by atoms with van der Waals surface area (Å²) in [4.78, 5) is 0. The van der Waals surface area contributed by atoms with Gasteiger partial charge in [-0.2, -0.15) is 0 Å². The van der Waals surface area contributed by atoms with Crippen LogP contribution in [0.15, 0.2) is 0 Å². The van der Waals surface area contributed by atoms with Crippen LogP contribution in [0, 0.1) is 0 Å². The number of hydrogen-bond acceptors (Lipinski definition) is 0. The van der Waals surface area contributed by atoms with E-state index in [0.717, 1.165) is 0 Å². The second-order valence-electron chi connectivity index (χ2n) is 0.350. The molecule has 0 bridgehead atoms. The van der Waals surface area contributed by atoms with Crippen LogP contribution in [0.5, 0.6) is 0 Å². The van der Waals surface area contributed by atoms with Crippen LogP contribution in [0.2, 0.25) is 0 Å². The van der Waals surface area contributed by atoms with Gasteiger partial charge in [0.15, 0.2) is 0 Å². The van der Waals surface area contributed by atoms with Crippen LogP contribution < -0.4 is 0 Å². The van der Waals surface area contributed by atoms with Gasteiger partial charge in [0, 0.05) is 0 Å². The Labute approximate surface area is 76.3 Å². The maximum atomic E-state index is 3.33. The fraction of sp³-hybridized carbons (Fsp3) is 0. The quantitative estimate of drug-likeness (QED) is 0.424. The molecule has 0 aliphatic carbocycles. The van der Waals surface area contributed by atoms with Gasteiger partial charge in [0.2, 0.25) is 0 Å². The van der Waals surface area contributed by atoms with E-state index >= 15 is 0 Å². The summed E-state index contributed by atoms with van der Waals surface area (Å²) in [6, 6.07) is 0. The zero-order valence-electron chi connectivity index (χ0n) is 3.42. The van der Waals surface area contributed by atoms with Crippen LogP contribution in [0.1, 0.15) is 0 Å². The van der Waals surface area contributed by atoms with Crippen LogP contribution in [-0.4, -0.2) is 16.4 Å². The summed E-state index contributed by atoms with van der Waals surface area (Å²) in [5.74, 6) is 0. The third kappa shape index (κ3) is 76.9. The molecule has 0 aliphatic rings. The SMILES string of the molecule is O.O.O.[Br][W]([Br])([Br])[Br]. The van der Waals surface area contributed by atoms with Crippen molar-refractivity contribution >= 4 is 53.2 Å². The van der Waals surface area contributed by atoms with Crippen molar-refractivity contribution in [1.82, 2.24) is 0 Å². The van der Waals surface area contributed by atoms with E-state index in [-0.39, 0.29) is 16.4 Å². The van der Waals surface area contributed by atoms with Crippen molar-refractivity contribution in [2.45, 2.75) is 0 Å². The number of halogens is 4. The first-order valence-corrected chi connectivity index (χ1v) is 26.3. The minimum absolute atomic E-state index is 0. The van der Waals surface area contributed by atoms with Gasteiger partial charge in [0.05, 0.1) is 0 Å². The van der Waals surface area contributed by atoms with Crippen LogP contribution in [-0.2, 0) is 7.84 Å². The van der Waals surface area contributed by atoms with Gasteiger partial charge in [0.25, 0.3) is 0 Å². The Morgan fingerprint density at radius 1 is 0.625 bits per heavy atom. The second kappa shape index (κ2) is 9.49. The molecule has 0 rings (SSSR count). The molecule has 0 radical (unpaired) electrons. The van der Waals surface area contributed by atoms with E-state index in [1.807, 2.05) is 0 Å². The molecule has 0 spiro atoms.